The third-order valence-corrected chi connectivity index (χ3v) is 8.24. The van der Waals surface area contributed by atoms with E-state index in [1.807, 2.05) is 13.8 Å². The molecule has 3 fully saturated rings. The van der Waals surface area contributed by atoms with Crippen LogP contribution in [0.3, 0.4) is 0 Å². The number of halogens is 2. The summed E-state index contributed by atoms with van der Waals surface area (Å²) in [5.74, 6) is -3.84. The Labute approximate surface area is 219 Å². The molecule has 1 aromatic rings. The van der Waals surface area contributed by atoms with Gasteiger partial charge in [0.15, 0.2) is 0 Å². The largest absolute Gasteiger partial charge is 0.375 e. The van der Waals surface area contributed by atoms with Crippen molar-refractivity contribution in [3.05, 3.63) is 29.0 Å². The SMILES string of the molecule is CNC(=O)C(=O)[C@H](C[C@@H]1CCNC1=O)NC(=O)[C@@H]1[C@@H]2[C@H](CN1C(=O)CNc1ccc(F)cc1Cl)C2(C)C. The number of nitrogens with zero attached hydrogens (tertiary/aromatic N) is 1. The van der Waals surface area contributed by atoms with E-state index >= 15 is 0 Å². The van der Waals surface area contributed by atoms with Crippen LogP contribution in [0.25, 0.3) is 0 Å². The Balaban J connectivity index is 1.49. The van der Waals surface area contributed by atoms with Crippen molar-refractivity contribution in [1.29, 1.82) is 0 Å². The Morgan fingerprint density at radius 2 is 2.00 bits per heavy atom. The smallest absolute Gasteiger partial charge is 0.289 e. The molecule has 37 heavy (non-hydrogen) atoms. The topological polar surface area (TPSA) is 137 Å². The molecule has 2 heterocycles. The van der Waals surface area contributed by atoms with Crippen molar-refractivity contribution in [3.8, 4) is 0 Å². The highest BCUT2D eigenvalue weighted by atomic mass is 35.5. The fraction of sp³-hybridized carbons (Fsp3) is 0.560. The van der Waals surface area contributed by atoms with E-state index in [1.165, 1.54) is 24.1 Å². The molecular weight excluding hydrogens is 505 g/mol. The number of ketones is 1. The molecule has 5 atom stereocenters. The first-order valence-electron chi connectivity index (χ1n) is 12.3. The third kappa shape index (κ3) is 5.27. The number of anilines is 1. The zero-order valence-corrected chi connectivity index (χ0v) is 21.7. The van der Waals surface area contributed by atoms with Crippen molar-refractivity contribution in [2.75, 3.05) is 32.0 Å². The number of piperidine rings is 1. The third-order valence-electron chi connectivity index (χ3n) is 7.93. The van der Waals surface area contributed by atoms with Crippen LogP contribution in [0.4, 0.5) is 10.1 Å². The van der Waals surface area contributed by atoms with Crippen LogP contribution >= 0.6 is 11.6 Å². The van der Waals surface area contributed by atoms with Crippen molar-refractivity contribution in [3.63, 3.8) is 0 Å². The van der Waals surface area contributed by atoms with Gasteiger partial charge < -0.3 is 26.2 Å². The Kier molecular flexibility index (Phi) is 7.45. The summed E-state index contributed by atoms with van der Waals surface area (Å²) in [7, 11) is 1.32. The van der Waals surface area contributed by atoms with Crippen molar-refractivity contribution in [2.45, 2.75) is 38.8 Å². The number of hydrogen-bond acceptors (Lipinski definition) is 6. The standard InChI is InChI=1S/C25H31ClFN5O5/c1-25(2)14-11-32(18(33)10-30-16-5-4-13(27)9-15(16)26)20(19(14)25)23(36)31-17(21(34)24(37)28-3)8-12-6-7-29-22(12)35/h4-5,9,12,14,17,19-20,30H,6-8,10-11H2,1-3H3,(H,28,37)(H,29,35)(H,31,36)/t12-,14-,17-,19-,20-/m0/s1. The minimum atomic E-state index is -1.20. The highest BCUT2D eigenvalue weighted by Crippen LogP contribution is 2.64. The lowest BCUT2D eigenvalue weighted by atomic mass is 9.94. The molecule has 0 bridgehead atoms. The summed E-state index contributed by atoms with van der Waals surface area (Å²) < 4.78 is 13.3. The van der Waals surface area contributed by atoms with Crippen LogP contribution in [0.2, 0.25) is 5.02 Å². The fourth-order valence-corrected chi connectivity index (χ4v) is 5.91. The maximum Gasteiger partial charge on any atom is 0.289 e. The Morgan fingerprint density at radius 3 is 2.62 bits per heavy atom. The second-order valence-electron chi connectivity index (χ2n) is 10.4. The molecule has 0 spiro atoms. The number of benzene rings is 1. The van der Waals surface area contributed by atoms with Gasteiger partial charge in [0.25, 0.3) is 5.91 Å². The van der Waals surface area contributed by atoms with Crippen molar-refractivity contribution >= 4 is 46.7 Å². The van der Waals surface area contributed by atoms with Crippen LogP contribution in [-0.4, -0.2) is 73.1 Å². The number of fused-ring (bicyclic) bond motifs is 1. The maximum atomic E-state index is 13.6. The molecule has 1 saturated carbocycles. The van der Waals surface area contributed by atoms with Gasteiger partial charge in [0.1, 0.15) is 11.9 Å². The Morgan fingerprint density at radius 1 is 1.27 bits per heavy atom. The lowest BCUT2D eigenvalue weighted by Gasteiger charge is -2.31. The van der Waals surface area contributed by atoms with E-state index in [1.54, 1.807) is 0 Å². The monoisotopic (exact) mass is 535 g/mol. The Hall–Kier alpha value is -3.21. The quantitative estimate of drug-likeness (QED) is 0.344. The molecule has 2 aliphatic heterocycles. The molecular formula is C25H31ClFN5O5. The van der Waals surface area contributed by atoms with Gasteiger partial charge in [-0.2, -0.15) is 0 Å². The van der Waals surface area contributed by atoms with E-state index < -0.39 is 41.4 Å². The second-order valence-corrected chi connectivity index (χ2v) is 10.8. The number of likely N-dealkylation sites (tertiary alicyclic amines) is 1. The highest BCUT2D eigenvalue weighted by molar-refractivity contribution is 6.38. The van der Waals surface area contributed by atoms with Gasteiger partial charge in [-0.15, -0.1) is 0 Å². The van der Waals surface area contributed by atoms with E-state index in [0.717, 1.165) is 6.07 Å². The summed E-state index contributed by atoms with van der Waals surface area (Å²) >= 11 is 6.04. The van der Waals surface area contributed by atoms with E-state index in [0.29, 0.717) is 25.2 Å². The van der Waals surface area contributed by atoms with Crippen molar-refractivity contribution in [2.24, 2.45) is 23.2 Å². The number of hydrogen-bond donors (Lipinski definition) is 4. The van der Waals surface area contributed by atoms with Gasteiger partial charge in [-0.3, -0.25) is 24.0 Å². The minimum Gasteiger partial charge on any atom is -0.375 e. The summed E-state index contributed by atoms with van der Waals surface area (Å²) in [5.41, 5.74) is 0.214. The van der Waals surface area contributed by atoms with Gasteiger partial charge >= 0.3 is 0 Å². The van der Waals surface area contributed by atoms with Gasteiger partial charge in [0.05, 0.1) is 23.3 Å². The van der Waals surface area contributed by atoms with E-state index in [-0.39, 0.29) is 47.1 Å². The maximum absolute atomic E-state index is 13.6. The first-order chi connectivity index (χ1) is 17.4. The average molecular weight is 536 g/mol. The van der Waals surface area contributed by atoms with E-state index in [2.05, 4.69) is 21.3 Å². The van der Waals surface area contributed by atoms with Crippen molar-refractivity contribution in [1.82, 2.24) is 20.9 Å². The van der Waals surface area contributed by atoms with E-state index in [4.69, 9.17) is 11.6 Å². The first-order valence-corrected chi connectivity index (χ1v) is 12.7. The summed E-state index contributed by atoms with van der Waals surface area (Å²) in [6, 6.07) is 1.74. The predicted octanol–water partition coefficient (Wildman–Crippen LogP) is 0.700. The minimum absolute atomic E-state index is 0.00734. The summed E-state index contributed by atoms with van der Waals surface area (Å²) in [6.07, 6.45) is 0.488. The number of rotatable bonds is 9. The molecule has 4 rings (SSSR count). The molecule has 3 aliphatic rings. The highest BCUT2D eigenvalue weighted by Gasteiger charge is 2.69. The number of Topliss-reactive ketones (excluding diaryl/α,β-unsaturated/α-hetero) is 1. The molecule has 200 valence electrons. The predicted molar refractivity (Wildman–Crippen MR) is 133 cm³/mol. The number of carbonyl (C=O) groups excluding carboxylic acids is 5. The zero-order chi connectivity index (χ0) is 27.1. The first kappa shape index (κ1) is 26.8. The molecule has 4 N–H and O–H groups in total. The fourth-order valence-electron chi connectivity index (χ4n) is 5.67. The zero-order valence-electron chi connectivity index (χ0n) is 20.9. The van der Waals surface area contributed by atoms with Gasteiger partial charge in [-0.25, -0.2) is 4.39 Å². The number of likely N-dealkylation sites (N-methyl/N-ethyl adjacent to an activating group) is 1. The average Bonchev–Trinajstić information content (AvgIpc) is 3.21. The molecule has 0 aromatic heterocycles. The van der Waals surface area contributed by atoms with Gasteiger partial charge in [0.2, 0.25) is 23.5 Å². The lowest BCUT2D eigenvalue weighted by Crippen LogP contribution is -2.56. The number of nitrogens with one attached hydrogen (secondary N) is 4. The van der Waals surface area contributed by atoms with Crippen LogP contribution in [0, 0.1) is 29.0 Å². The van der Waals surface area contributed by atoms with Crippen LogP contribution < -0.4 is 21.3 Å². The summed E-state index contributed by atoms with van der Waals surface area (Å²) in [5, 5.41) is 10.7. The van der Waals surface area contributed by atoms with Gasteiger partial charge in [-0.05, 0) is 48.3 Å². The van der Waals surface area contributed by atoms with Gasteiger partial charge in [-0.1, -0.05) is 25.4 Å². The molecule has 10 nitrogen and oxygen atoms in total. The lowest BCUT2D eigenvalue weighted by molar-refractivity contribution is -0.143. The molecule has 1 aliphatic carbocycles. The molecule has 4 amide bonds. The molecule has 0 unspecified atom stereocenters. The van der Waals surface area contributed by atoms with E-state index in [9.17, 15) is 28.4 Å². The Bertz CT molecular complexity index is 1140. The molecule has 0 radical (unpaired) electrons. The number of amides is 4. The van der Waals surface area contributed by atoms with Crippen LogP contribution in [0.1, 0.15) is 26.7 Å². The van der Waals surface area contributed by atoms with Crippen LogP contribution in [0.5, 0.6) is 0 Å². The van der Waals surface area contributed by atoms with Crippen LogP contribution in [-0.2, 0) is 24.0 Å². The summed E-state index contributed by atoms with van der Waals surface area (Å²) in [6.45, 7) is 4.71. The molecule has 1 aromatic carbocycles. The summed E-state index contributed by atoms with van der Waals surface area (Å²) in [4.78, 5) is 65.2. The van der Waals surface area contributed by atoms with Crippen molar-refractivity contribution < 1.29 is 28.4 Å². The second kappa shape index (κ2) is 10.3. The molecule has 2 saturated heterocycles. The van der Waals surface area contributed by atoms with Crippen LogP contribution in [0.15, 0.2) is 18.2 Å². The van der Waals surface area contributed by atoms with Gasteiger partial charge in [0, 0.05) is 26.1 Å². The number of carbonyl (C=O) groups is 5. The normalized spacial score (nSPS) is 26.1. The molecule has 12 heteroatoms.